The zero-order valence-corrected chi connectivity index (χ0v) is 16.6. The van der Waals surface area contributed by atoms with Crippen LogP contribution < -0.4 is 9.08 Å². The molecule has 0 radical (unpaired) electrons. The lowest BCUT2D eigenvalue weighted by Gasteiger charge is -2.37. The van der Waals surface area contributed by atoms with E-state index in [0.717, 1.165) is 0 Å². The largest absolute Gasteiger partial charge is 0.488 e. The summed E-state index contributed by atoms with van der Waals surface area (Å²) in [6.45, 7) is 7.01. The summed E-state index contributed by atoms with van der Waals surface area (Å²) in [4.78, 5) is 18.3. The Morgan fingerprint density at radius 1 is 1.25 bits per heavy atom. The molecule has 10 nitrogen and oxygen atoms in total. The molecule has 1 aliphatic heterocycles. The van der Waals surface area contributed by atoms with E-state index in [-0.39, 0.29) is 12.3 Å². The predicted octanol–water partition coefficient (Wildman–Crippen LogP) is 3.15. The van der Waals surface area contributed by atoms with E-state index in [1.54, 1.807) is 31.7 Å². The van der Waals surface area contributed by atoms with Crippen LogP contribution in [-0.4, -0.2) is 51.2 Å². The number of hydrogen-bond acceptors (Lipinski definition) is 7. The number of amides is 1. The lowest BCUT2D eigenvalue weighted by molar-refractivity contribution is 0.0240. The van der Waals surface area contributed by atoms with Crippen molar-refractivity contribution in [2.24, 2.45) is 5.11 Å². The molecule has 154 valence electrons. The third kappa shape index (κ3) is 6.78. The van der Waals surface area contributed by atoms with Gasteiger partial charge >= 0.3 is 16.6 Å². The molecule has 1 heterocycles. The molecule has 2 rings (SSSR count). The highest BCUT2D eigenvalue weighted by Gasteiger charge is 2.26. The van der Waals surface area contributed by atoms with Crippen LogP contribution in [0.1, 0.15) is 26.3 Å². The Hall–Kier alpha value is -2.72. The van der Waals surface area contributed by atoms with Gasteiger partial charge in [0.05, 0.1) is 6.54 Å². The second kappa shape index (κ2) is 8.53. The third-order valence-electron chi connectivity index (χ3n) is 3.76. The molecular formula is C16H22FN5O5S. The summed E-state index contributed by atoms with van der Waals surface area (Å²) >= 11 is 0. The molecule has 28 heavy (non-hydrogen) atoms. The molecule has 1 aromatic rings. The Morgan fingerprint density at radius 2 is 1.89 bits per heavy atom. The van der Waals surface area contributed by atoms with Crippen LogP contribution in [0, 0.1) is 0 Å². The second-order valence-electron chi connectivity index (χ2n) is 7.16. The smallest absolute Gasteiger partial charge is 0.444 e. The molecular weight excluding hydrogens is 393 g/mol. The highest BCUT2D eigenvalue weighted by Crippen LogP contribution is 2.27. The molecule has 0 aromatic heterocycles. The molecule has 0 N–H and O–H groups in total. The number of azide groups is 1. The van der Waals surface area contributed by atoms with E-state index in [0.29, 0.717) is 37.4 Å². The number of anilines is 1. The molecule has 12 heteroatoms. The van der Waals surface area contributed by atoms with Crippen LogP contribution in [0.25, 0.3) is 10.4 Å². The maximum atomic E-state index is 12.9. The summed E-state index contributed by atoms with van der Waals surface area (Å²) in [5.41, 5.74) is 8.91. The van der Waals surface area contributed by atoms with Gasteiger partial charge in [-0.2, -0.15) is 8.42 Å². The highest BCUT2D eigenvalue weighted by molar-refractivity contribution is 7.81. The Bertz CT molecular complexity index is 872. The summed E-state index contributed by atoms with van der Waals surface area (Å²) in [6.07, 6.45) is -0.406. The van der Waals surface area contributed by atoms with Gasteiger partial charge in [-0.15, -0.1) is 0 Å². The van der Waals surface area contributed by atoms with E-state index in [1.165, 1.54) is 12.1 Å². The molecule has 1 aliphatic rings. The van der Waals surface area contributed by atoms with Gasteiger partial charge in [-0.05, 0) is 44.0 Å². The summed E-state index contributed by atoms with van der Waals surface area (Å²) in [7, 11) is -5.19. The number of carbonyl (C=O) groups excluding carboxylic acids is 1. The number of rotatable bonds is 5. The molecule has 0 bridgehead atoms. The van der Waals surface area contributed by atoms with Crippen LogP contribution in [0.4, 0.5) is 14.4 Å². The summed E-state index contributed by atoms with van der Waals surface area (Å²) in [5.74, 6) is -0.224. The molecule has 1 fully saturated rings. The van der Waals surface area contributed by atoms with Gasteiger partial charge in [-0.25, -0.2) is 4.79 Å². The minimum Gasteiger partial charge on any atom is -0.444 e. The van der Waals surface area contributed by atoms with Gasteiger partial charge in [0, 0.05) is 42.8 Å². The summed E-state index contributed by atoms with van der Waals surface area (Å²) in [6, 6.07) is 4.35. The SMILES string of the molecule is CC(C)(C)OC(=O)N1CCN(c2cc(CN=[N+]=[N-])cc(OS(=O)(=O)F)c2)CC1. The van der Waals surface area contributed by atoms with Crippen molar-refractivity contribution in [1.82, 2.24) is 4.90 Å². The molecule has 0 atom stereocenters. The van der Waals surface area contributed by atoms with Crippen molar-refractivity contribution in [2.45, 2.75) is 32.9 Å². The number of hydrogen-bond donors (Lipinski definition) is 0. The molecule has 0 spiro atoms. The van der Waals surface area contributed by atoms with Gasteiger partial charge in [0.2, 0.25) is 0 Å². The quantitative estimate of drug-likeness (QED) is 0.315. The fourth-order valence-electron chi connectivity index (χ4n) is 2.67. The fraction of sp³-hybridized carbons (Fsp3) is 0.562. The van der Waals surface area contributed by atoms with Gasteiger partial charge < -0.3 is 18.7 Å². The first-order chi connectivity index (χ1) is 13.0. The van der Waals surface area contributed by atoms with E-state index in [1.807, 2.05) is 4.90 Å². The lowest BCUT2D eigenvalue weighted by Crippen LogP contribution is -2.50. The first-order valence-electron chi connectivity index (χ1n) is 8.48. The summed E-state index contributed by atoms with van der Waals surface area (Å²) in [5, 5.41) is 3.43. The molecule has 0 unspecified atom stereocenters. The van der Waals surface area contributed by atoms with Gasteiger partial charge in [0.15, 0.2) is 0 Å². The average Bonchev–Trinajstić information content (AvgIpc) is 2.57. The Balaban J connectivity index is 2.15. The van der Waals surface area contributed by atoms with Gasteiger partial charge in [-0.1, -0.05) is 9.00 Å². The zero-order chi connectivity index (χ0) is 20.9. The van der Waals surface area contributed by atoms with Crippen molar-refractivity contribution >= 4 is 22.3 Å². The first-order valence-corrected chi connectivity index (χ1v) is 9.79. The first kappa shape index (κ1) is 21.6. The number of ether oxygens (including phenoxy) is 1. The van der Waals surface area contributed by atoms with Gasteiger partial charge in [-0.3, -0.25) is 0 Å². The monoisotopic (exact) mass is 415 g/mol. The minimum atomic E-state index is -5.19. The maximum absolute atomic E-state index is 12.9. The normalized spacial score (nSPS) is 15.0. The number of carbonyl (C=O) groups is 1. The van der Waals surface area contributed by atoms with Crippen molar-refractivity contribution in [1.29, 1.82) is 0 Å². The van der Waals surface area contributed by atoms with E-state index in [2.05, 4.69) is 14.2 Å². The number of nitrogens with zero attached hydrogens (tertiary/aromatic N) is 5. The van der Waals surface area contributed by atoms with Crippen LogP contribution in [0.3, 0.4) is 0 Å². The van der Waals surface area contributed by atoms with E-state index in [4.69, 9.17) is 10.3 Å². The van der Waals surface area contributed by atoms with E-state index in [9.17, 15) is 17.1 Å². The molecule has 0 saturated carbocycles. The Kier molecular flexibility index (Phi) is 6.57. The molecule has 1 aromatic carbocycles. The Morgan fingerprint density at radius 3 is 2.43 bits per heavy atom. The van der Waals surface area contributed by atoms with Crippen molar-refractivity contribution < 1.29 is 26.0 Å². The lowest BCUT2D eigenvalue weighted by atomic mass is 10.1. The van der Waals surface area contributed by atoms with Crippen LogP contribution in [0.5, 0.6) is 5.75 Å². The molecule has 0 aliphatic carbocycles. The number of benzene rings is 1. The Labute approximate surface area is 162 Å². The van der Waals surface area contributed by atoms with Crippen LogP contribution in [0.15, 0.2) is 23.3 Å². The number of piperazine rings is 1. The van der Waals surface area contributed by atoms with Crippen LogP contribution in [0.2, 0.25) is 0 Å². The second-order valence-corrected chi connectivity index (χ2v) is 8.11. The van der Waals surface area contributed by atoms with Crippen LogP contribution in [-0.2, 0) is 21.8 Å². The molecule has 1 amide bonds. The van der Waals surface area contributed by atoms with Crippen molar-refractivity contribution in [3.63, 3.8) is 0 Å². The standard InChI is InChI=1S/C16H22FN5O5S/c1-16(2,3)26-15(23)22-6-4-21(5-7-22)13-8-12(11-19-20-18)9-14(10-13)27-28(17,24)25/h8-10H,4-7,11H2,1-3H3. The van der Waals surface area contributed by atoms with Crippen LogP contribution >= 0.6 is 0 Å². The number of halogens is 1. The van der Waals surface area contributed by atoms with Crippen molar-refractivity contribution in [2.75, 3.05) is 31.1 Å². The van der Waals surface area contributed by atoms with Crippen molar-refractivity contribution in [3.8, 4) is 5.75 Å². The highest BCUT2D eigenvalue weighted by atomic mass is 32.3. The van der Waals surface area contributed by atoms with E-state index < -0.39 is 22.2 Å². The maximum Gasteiger partial charge on any atom is 0.488 e. The predicted molar refractivity (Wildman–Crippen MR) is 100.0 cm³/mol. The zero-order valence-electron chi connectivity index (χ0n) is 15.8. The van der Waals surface area contributed by atoms with Crippen molar-refractivity contribution in [3.05, 3.63) is 34.2 Å². The average molecular weight is 415 g/mol. The van der Waals surface area contributed by atoms with Gasteiger partial charge in [0.25, 0.3) is 0 Å². The topological polar surface area (TPSA) is 125 Å². The van der Waals surface area contributed by atoms with Gasteiger partial charge in [0.1, 0.15) is 11.4 Å². The fourth-order valence-corrected chi connectivity index (χ4v) is 2.99. The van der Waals surface area contributed by atoms with E-state index >= 15 is 0 Å². The third-order valence-corrected chi connectivity index (χ3v) is 4.15. The summed E-state index contributed by atoms with van der Waals surface area (Å²) < 4.78 is 44.2. The minimum absolute atomic E-state index is 0.0507. The molecule has 1 saturated heterocycles.